The van der Waals surface area contributed by atoms with Crippen molar-refractivity contribution in [2.75, 3.05) is 26.2 Å². The number of nitrogens with one attached hydrogen (secondary N) is 1. The summed E-state index contributed by atoms with van der Waals surface area (Å²) in [6.45, 7) is 2.84. The van der Waals surface area contributed by atoms with Crippen molar-refractivity contribution in [2.45, 2.75) is 25.0 Å². The molecule has 1 unspecified atom stereocenters. The summed E-state index contributed by atoms with van der Waals surface area (Å²) < 4.78 is 6.10. The summed E-state index contributed by atoms with van der Waals surface area (Å²) in [6.07, 6.45) is 2.20. The third-order valence-corrected chi connectivity index (χ3v) is 6.50. The van der Waals surface area contributed by atoms with E-state index in [1.165, 1.54) is 17.7 Å². The van der Waals surface area contributed by atoms with E-state index in [2.05, 4.69) is 27.7 Å². The highest BCUT2D eigenvalue weighted by atomic mass is 32.1. The molecule has 0 saturated carbocycles. The number of amides is 1. The second kappa shape index (κ2) is 10.5. The number of benzene rings is 2. The van der Waals surface area contributed by atoms with Crippen LogP contribution >= 0.6 is 11.3 Å². The van der Waals surface area contributed by atoms with Gasteiger partial charge in [0.1, 0.15) is 12.7 Å². The number of likely N-dealkylation sites (tertiary alicyclic amines) is 1. The molecule has 0 radical (unpaired) electrons. The molecule has 1 aromatic heterocycles. The van der Waals surface area contributed by atoms with Crippen LogP contribution in [0.4, 0.5) is 0 Å². The van der Waals surface area contributed by atoms with Crippen LogP contribution in [0, 0.1) is 0 Å². The molecule has 2 heterocycles. The van der Waals surface area contributed by atoms with Gasteiger partial charge in [-0.25, -0.2) is 0 Å². The minimum Gasteiger partial charge on any atom is -0.359 e. The first kappa shape index (κ1) is 20.8. The highest BCUT2D eigenvalue weighted by Gasteiger charge is 2.25. The SMILES string of the molecule is O=C(COC(c1ccccc1)c1ccccc1)NCC(c1cccs1)N1CCCC1. The molecular formula is C25H28N2O2S. The first-order valence-electron chi connectivity index (χ1n) is 10.6. The van der Waals surface area contributed by atoms with E-state index in [9.17, 15) is 4.79 Å². The normalized spacial score (nSPS) is 15.4. The number of hydrogen-bond donors (Lipinski definition) is 1. The van der Waals surface area contributed by atoms with Gasteiger partial charge in [0.05, 0.1) is 6.04 Å². The summed E-state index contributed by atoms with van der Waals surface area (Å²) in [5.41, 5.74) is 2.09. The van der Waals surface area contributed by atoms with E-state index in [0.717, 1.165) is 24.2 Å². The van der Waals surface area contributed by atoms with E-state index in [0.29, 0.717) is 6.54 Å². The maximum Gasteiger partial charge on any atom is 0.246 e. The molecule has 1 saturated heterocycles. The Morgan fingerprint density at radius 3 is 2.13 bits per heavy atom. The van der Waals surface area contributed by atoms with E-state index < -0.39 is 0 Å². The van der Waals surface area contributed by atoms with Gasteiger partial charge in [-0.15, -0.1) is 11.3 Å². The molecule has 4 rings (SSSR count). The van der Waals surface area contributed by atoms with Crippen molar-refractivity contribution < 1.29 is 9.53 Å². The second-order valence-corrected chi connectivity index (χ2v) is 8.57. The van der Waals surface area contributed by atoms with Gasteiger partial charge in [-0.05, 0) is 48.5 Å². The monoisotopic (exact) mass is 420 g/mol. The highest BCUT2D eigenvalue weighted by molar-refractivity contribution is 7.10. The molecule has 1 atom stereocenters. The lowest BCUT2D eigenvalue weighted by Crippen LogP contribution is -2.38. The highest BCUT2D eigenvalue weighted by Crippen LogP contribution is 2.28. The fourth-order valence-electron chi connectivity index (χ4n) is 4.00. The van der Waals surface area contributed by atoms with Gasteiger partial charge < -0.3 is 10.1 Å². The van der Waals surface area contributed by atoms with Gasteiger partial charge in [-0.1, -0.05) is 66.7 Å². The van der Waals surface area contributed by atoms with Gasteiger partial charge in [0.15, 0.2) is 0 Å². The summed E-state index contributed by atoms with van der Waals surface area (Å²) >= 11 is 1.76. The van der Waals surface area contributed by atoms with Crippen molar-refractivity contribution >= 4 is 17.2 Å². The number of thiophene rings is 1. The summed E-state index contributed by atoms with van der Waals surface area (Å²) in [7, 11) is 0. The van der Waals surface area contributed by atoms with Gasteiger partial charge in [-0.2, -0.15) is 0 Å². The third kappa shape index (κ3) is 5.36. The molecule has 1 N–H and O–H groups in total. The van der Waals surface area contributed by atoms with E-state index in [1.54, 1.807) is 11.3 Å². The molecule has 5 heteroatoms. The van der Waals surface area contributed by atoms with Crippen LogP contribution in [0.5, 0.6) is 0 Å². The van der Waals surface area contributed by atoms with Gasteiger partial charge in [0.25, 0.3) is 0 Å². The molecule has 0 aliphatic carbocycles. The average molecular weight is 421 g/mol. The standard InChI is InChI=1S/C25H28N2O2S/c28-24(26-18-22(23-14-9-17-30-23)27-15-7-8-16-27)19-29-25(20-10-3-1-4-11-20)21-12-5-2-6-13-21/h1-6,9-14,17,22,25H,7-8,15-16,18-19H2,(H,26,28). The van der Waals surface area contributed by atoms with Crippen LogP contribution in [0.2, 0.25) is 0 Å². The van der Waals surface area contributed by atoms with E-state index in [1.807, 2.05) is 60.7 Å². The lowest BCUT2D eigenvalue weighted by atomic mass is 10.0. The molecule has 1 aliphatic rings. The maximum absolute atomic E-state index is 12.6. The lowest BCUT2D eigenvalue weighted by Gasteiger charge is -2.27. The van der Waals surface area contributed by atoms with Crippen molar-refractivity contribution in [2.24, 2.45) is 0 Å². The summed E-state index contributed by atoms with van der Waals surface area (Å²) in [4.78, 5) is 16.4. The largest absolute Gasteiger partial charge is 0.359 e. The van der Waals surface area contributed by atoms with Crippen LogP contribution in [0.3, 0.4) is 0 Å². The summed E-state index contributed by atoms with van der Waals surface area (Å²) in [6, 6.07) is 24.6. The number of hydrogen-bond acceptors (Lipinski definition) is 4. The van der Waals surface area contributed by atoms with Crippen molar-refractivity contribution in [3.05, 3.63) is 94.2 Å². The first-order valence-corrected chi connectivity index (χ1v) is 11.4. The molecule has 30 heavy (non-hydrogen) atoms. The Balaban J connectivity index is 1.37. The van der Waals surface area contributed by atoms with Crippen LogP contribution in [-0.2, 0) is 9.53 Å². The quantitative estimate of drug-likeness (QED) is 0.540. The zero-order chi connectivity index (χ0) is 20.6. The summed E-state index contributed by atoms with van der Waals surface area (Å²) in [5, 5.41) is 5.21. The predicted molar refractivity (Wildman–Crippen MR) is 122 cm³/mol. The van der Waals surface area contributed by atoms with Crippen LogP contribution in [0.15, 0.2) is 78.2 Å². The average Bonchev–Trinajstić information content (AvgIpc) is 3.51. The molecular weight excluding hydrogens is 392 g/mol. The number of carbonyl (C=O) groups is 1. The van der Waals surface area contributed by atoms with Crippen molar-refractivity contribution in [1.29, 1.82) is 0 Å². The topological polar surface area (TPSA) is 41.6 Å². The molecule has 4 nitrogen and oxygen atoms in total. The maximum atomic E-state index is 12.6. The number of rotatable bonds is 9. The molecule has 156 valence electrons. The minimum absolute atomic E-state index is 0.0333. The fourth-order valence-corrected chi connectivity index (χ4v) is 4.87. The van der Waals surface area contributed by atoms with Crippen LogP contribution < -0.4 is 5.32 Å². The Morgan fingerprint density at radius 2 is 1.57 bits per heavy atom. The first-order chi connectivity index (χ1) is 14.8. The van der Waals surface area contributed by atoms with E-state index in [4.69, 9.17) is 4.74 Å². The van der Waals surface area contributed by atoms with Crippen molar-refractivity contribution in [3.8, 4) is 0 Å². The fraction of sp³-hybridized carbons (Fsp3) is 0.320. The van der Waals surface area contributed by atoms with Gasteiger partial charge in [-0.3, -0.25) is 9.69 Å². The van der Waals surface area contributed by atoms with E-state index >= 15 is 0 Å². The Kier molecular flexibility index (Phi) is 7.29. The Bertz CT molecular complexity index is 854. The van der Waals surface area contributed by atoms with Crippen LogP contribution in [0.1, 0.15) is 41.0 Å². The Morgan fingerprint density at radius 1 is 0.933 bits per heavy atom. The third-order valence-electron chi connectivity index (χ3n) is 5.53. The van der Waals surface area contributed by atoms with Gasteiger partial charge in [0.2, 0.25) is 5.91 Å². The molecule has 0 spiro atoms. The Hall–Kier alpha value is -2.47. The predicted octanol–water partition coefficient (Wildman–Crippen LogP) is 4.81. The second-order valence-electron chi connectivity index (χ2n) is 7.59. The molecule has 1 aliphatic heterocycles. The number of ether oxygens (including phenoxy) is 1. The smallest absolute Gasteiger partial charge is 0.246 e. The molecule has 1 fully saturated rings. The lowest BCUT2D eigenvalue weighted by molar-refractivity contribution is -0.127. The number of carbonyl (C=O) groups excluding carboxylic acids is 1. The van der Waals surface area contributed by atoms with Crippen LogP contribution in [0.25, 0.3) is 0 Å². The molecule has 1 amide bonds. The zero-order valence-corrected chi connectivity index (χ0v) is 17.9. The van der Waals surface area contributed by atoms with Gasteiger partial charge >= 0.3 is 0 Å². The van der Waals surface area contributed by atoms with Crippen molar-refractivity contribution in [1.82, 2.24) is 10.2 Å². The van der Waals surface area contributed by atoms with Crippen molar-refractivity contribution in [3.63, 3.8) is 0 Å². The summed E-state index contributed by atoms with van der Waals surface area (Å²) in [5.74, 6) is -0.0763. The molecule has 3 aromatic rings. The zero-order valence-electron chi connectivity index (χ0n) is 17.1. The molecule has 2 aromatic carbocycles. The number of nitrogens with zero attached hydrogens (tertiary/aromatic N) is 1. The van der Waals surface area contributed by atoms with E-state index in [-0.39, 0.29) is 24.7 Å². The van der Waals surface area contributed by atoms with Gasteiger partial charge in [0, 0.05) is 11.4 Å². The molecule has 0 bridgehead atoms. The minimum atomic E-state index is -0.259. The van der Waals surface area contributed by atoms with Crippen LogP contribution in [-0.4, -0.2) is 37.0 Å². The Labute approximate surface area is 182 Å².